The van der Waals surface area contributed by atoms with Gasteiger partial charge in [0.15, 0.2) is 5.76 Å². The van der Waals surface area contributed by atoms with Crippen LogP contribution in [0.3, 0.4) is 0 Å². The molecular weight excluding hydrogens is 408 g/mol. The minimum atomic E-state index is -0.109. The summed E-state index contributed by atoms with van der Waals surface area (Å²) in [5.41, 5.74) is 3.31. The van der Waals surface area contributed by atoms with Crippen molar-refractivity contribution in [3.8, 4) is 17.2 Å². The standard InChI is InChI=1S/C25H28N2O5/c1-17-24-19(15-27(16-31-24)8-7-26-9-11-30-12-10-26)13-20-23(28)22(32-25(17)20)14-18-5-3-4-6-21(18)29-2/h3-6,13-14H,7-12,15-16H2,1-2H3. The van der Waals surface area contributed by atoms with E-state index >= 15 is 0 Å². The smallest absolute Gasteiger partial charge is 0.231 e. The van der Waals surface area contributed by atoms with Crippen LogP contribution in [-0.4, -0.2) is 68.8 Å². The second-order valence-electron chi connectivity index (χ2n) is 8.33. The van der Waals surface area contributed by atoms with Crippen LogP contribution < -0.4 is 14.2 Å². The molecule has 5 rings (SSSR count). The van der Waals surface area contributed by atoms with Gasteiger partial charge in [-0.2, -0.15) is 0 Å². The summed E-state index contributed by atoms with van der Waals surface area (Å²) < 4.78 is 23.0. The number of ether oxygens (including phenoxy) is 4. The van der Waals surface area contributed by atoms with Crippen LogP contribution in [0.25, 0.3) is 6.08 Å². The Bertz CT molecular complexity index is 1060. The first kappa shape index (κ1) is 21.0. The summed E-state index contributed by atoms with van der Waals surface area (Å²) >= 11 is 0. The Labute approximate surface area is 188 Å². The summed E-state index contributed by atoms with van der Waals surface area (Å²) in [6.45, 7) is 8.71. The molecule has 3 heterocycles. The van der Waals surface area contributed by atoms with E-state index in [0.29, 0.717) is 29.6 Å². The molecule has 0 unspecified atom stereocenters. The number of Topliss-reactive ketones (excluding diaryl/α,β-unsaturated/α-hetero) is 1. The molecule has 3 aliphatic rings. The lowest BCUT2D eigenvalue weighted by atomic mass is 10.00. The molecule has 0 N–H and O–H groups in total. The van der Waals surface area contributed by atoms with Crippen LogP contribution in [0, 0.1) is 6.92 Å². The first-order valence-corrected chi connectivity index (χ1v) is 11.0. The Kier molecular flexibility index (Phi) is 5.87. The van der Waals surface area contributed by atoms with E-state index in [-0.39, 0.29) is 5.78 Å². The van der Waals surface area contributed by atoms with Gasteiger partial charge in [-0.15, -0.1) is 0 Å². The fraction of sp³-hybridized carbons (Fsp3) is 0.400. The van der Waals surface area contributed by atoms with E-state index in [2.05, 4.69) is 9.80 Å². The van der Waals surface area contributed by atoms with Crippen LogP contribution in [0.15, 0.2) is 36.1 Å². The third-order valence-corrected chi connectivity index (χ3v) is 6.26. The number of hydrogen-bond acceptors (Lipinski definition) is 7. The van der Waals surface area contributed by atoms with Crippen LogP contribution >= 0.6 is 0 Å². The maximum atomic E-state index is 13.1. The number of rotatable bonds is 5. The molecule has 0 saturated carbocycles. The van der Waals surface area contributed by atoms with Gasteiger partial charge >= 0.3 is 0 Å². The summed E-state index contributed by atoms with van der Waals surface area (Å²) in [4.78, 5) is 17.8. The van der Waals surface area contributed by atoms with E-state index in [1.807, 2.05) is 37.3 Å². The molecule has 1 fully saturated rings. The minimum absolute atomic E-state index is 0.109. The average molecular weight is 437 g/mol. The van der Waals surface area contributed by atoms with Crippen molar-refractivity contribution in [1.82, 2.24) is 9.80 Å². The topological polar surface area (TPSA) is 60.5 Å². The maximum Gasteiger partial charge on any atom is 0.231 e. The molecule has 32 heavy (non-hydrogen) atoms. The van der Waals surface area contributed by atoms with Gasteiger partial charge in [-0.05, 0) is 25.1 Å². The first-order chi connectivity index (χ1) is 15.6. The van der Waals surface area contributed by atoms with Crippen LogP contribution in [-0.2, 0) is 11.3 Å². The molecule has 0 radical (unpaired) electrons. The molecule has 7 heteroatoms. The van der Waals surface area contributed by atoms with Crippen molar-refractivity contribution in [1.29, 1.82) is 0 Å². The van der Waals surface area contributed by atoms with Crippen molar-refractivity contribution in [3.05, 3.63) is 58.3 Å². The lowest BCUT2D eigenvalue weighted by Gasteiger charge is -2.33. The van der Waals surface area contributed by atoms with Crippen molar-refractivity contribution < 1.29 is 23.7 Å². The highest BCUT2D eigenvalue weighted by molar-refractivity contribution is 6.15. The molecule has 3 aliphatic heterocycles. The van der Waals surface area contributed by atoms with E-state index in [1.54, 1.807) is 13.2 Å². The highest BCUT2D eigenvalue weighted by atomic mass is 16.5. The predicted molar refractivity (Wildman–Crippen MR) is 120 cm³/mol. The average Bonchev–Trinajstić information content (AvgIpc) is 3.14. The molecule has 0 amide bonds. The Hall–Kier alpha value is -2.87. The SMILES string of the molecule is COc1ccccc1C=C1Oc2c(cc3c(c2C)OCN(CCN2CCOCC2)C3)C1=O. The Morgan fingerprint density at radius 3 is 2.69 bits per heavy atom. The maximum absolute atomic E-state index is 13.1. The lowest BCUT2D eigenvalue weighted by Crippen LogP contribution is -2.43. The number of allylic oxidation sites excluding steroid dienone is 1. The van der Waals surface area contributed by atoms with Crippen LogP contribution in [0.4, 0.5) is 0 Å². The lowest BCUT2D eigenvalue weighted by molar-refractivity contribution is 0.0239. The number of hydrogen-bond donors (Lipinski definition) is 0. The molecule has 0 aliphatic carbocycles. The highest BCUT2D eigenvalue weighted by Gasteiger charge is 2.33. The van der Waals surface area contributed by atoms with Gasteiger partial charge < -0.3 is 18.9 Å². The van der Waals surface area contributed by atoms with Gasteiger partial charge in [-0.1, -0.05) is 18.2 Å². The van der Waals surface area contributed by atoms with Crippen LogP contribution in [0.5, 0.6) is 17.2 Å². The predicted octanol–water partition coefficient (Wildman–Crippen LogP) is 3.10. The second kappa shape index (κ2) is 8.94. The van der Waals surface area contributed by atoms with E-state index in [9.17, 15) is 4.79 Å². The number of para-hydroxylation sites is 1. The molecule has 0 bridgehead atoms. The summed E-state index contributed by atoms with van der Waals surface area (Å²) in [6, 6.07) is 9.50. The molecule has 168 valence electrons. The number of methoxy groups -OCH3 is 1. The molecule has 2 aromatic rings. The van der Waals surface area contributed by atoms with E-state index in [4.69, 9.17) is 18.9 Å². The summed E-state index contributed by atoms with van der Waals surface area (Å²) in [7, 11) is 1.61. The van der Waals surface area contributed by atoms with Gasteiger partial charge in [-0.3, -0.25) is 14.6 Å². The quantitative estimate of drug-likeness (QED) is 0.668. The number of ketones is 1. The molecule has 7 nitrogen and oxygen atoms in total. The molecule has 0 atom stereocenters. The summed E-state index contributed by atoms with van der Waals surface area (Å²) in [6.07, 6.45) is 1.75. The number of fused-ring (bicyclic) bond motifs is 2. The zero-order chi connectivity index (χ0) is 22.1. The zero-order valence-corrected chi connectivity index (χ0v) is 18.6. The zero-order valence-electron chi connectivity index (χ0n) is 18.6. The third-order valence-electron chi connectivity index (χ3n) is 6.26. The van der Waals surface area contributed by atoms with Crippen LogP contribution in [0.2, 0.25) is 0 Å². The van der Waals surface area contributed by atoms with Crippen LogP contribution in [0.1, 0.15) is 27.0 Å². The monoisotopic (exact) mass is 436 g/mol. The summed E-state index contributed by atoms with van der Waals surface area (Å²) in [5, 5.41) is 0. The number of carbonyl (C=O) groups excluding carboxylic acids is 1. The Morgan fingerprint density at radius 1 is 1.09 bits per heavy atom. The van der Waals surface area contributed by atoms with Crippen molar-refractivity contribution in [2.24, 2.45) is 0 Å². The Morgan fingerprint density at radius 2 is 1.88 bits per heavy atom. The second-order valence-corrected chi connectivity index (χ2v) is 8.33. The fourth-order valence-corrected chi connectivity index (χ4v) is 4.47. The molecule has 0 spiro atoms. The van der Waals surface area contributed by atoms with E-state index in [1.165, 1.54) is 0 Å². The number of nitrogens with zero attached hydrogens (tertiary/aromatic N) is 2. The molecular formula is C25H28N2O5. The van der Waals surface area contributed by atoms with Gasteiger partial charge in [0.2, 0.25) is 5.78 Å². The van der Waals surface area contributed by atoms with Gasteiger partial charge in [0.1, 0.15) is 24.0 Å². The van der Waals surface area contributed by atoms with Crippen molar-refractivity contribution in [2.75, 3.05) is 53.2 Å². The van der Waals surface area contributed by atoms with E-state index < -0.39 is 0 Å². The number of morpholine rings is 1. The van der Waals surface area contributed by atoms with Gasteiger partial charge in [-0.25, -0.2) is 0 Å². The first-order valence-electron chi connectivity index (χ1n) is 11.0. The van der Waals surface area contributed by atoms with Gasteiger partial charge in [0, 0.05) is 49.4 Å². The fourth-order valence-electron chi connectivity index (χ4n) is 4.47. The number of benzene rings is 2. The van der Waals surface area contributed by atoms with Crippen molar-refractivity contribution >= 4 is 11.9 Å². The third kappa shape index (κ3) is 3.99. The number of carbonyl (C=O) groups is 1. The Balaban J connectivity index is 1.35. The van der Waals surface area contributed by atoms with Crippen molar-refractivity contribution in [3.63, 3.8) is 0 Å². The highest BCUT2D eigenvalue weighted by Crippen LogP contribution is 2.43. The molecule has 0 aromatic heterocycles. The van der Waals surface area contributed by atoms with E-state index in [0.717, 1.165) is 68.4 Å². The van der Waals surface area contributed by atoms with Gasteiger partial charge in [0.05, 0.1) is 25.9 Å². The summed E-state index contributed by atoms with van der Waals surface area (Å²) in [5.74, 6) is 2.32. The molecule has 2 aromatic carbocycles. The minimum Gasteiger partial charge on any atom is -0.496 e. The van der Waals surface area contributed by atoms with Crippen molar-refractivity contribution in [2.45, 2.75) is 13.5 Å². The normalized spacial score (nSPS) is 19.9. The molecule has 1 saturated heterocycles. The largest absolute Gasteiger partial charge is 0.496 e. The van der Waals surface area contributed by atoms with Gasteiger partial charge in [0.25, 0.3) is 0 Å².